The molecule has 2 aromatic heterocycles. The molecule has 17 heavy (non-hydrogen) atoms. The summed E-state index contributed by atoms with van der Waals surface area (Å²) in [6.45, 7) is 0. The molecule has 2 heterocycles. The van der Waals surface area contributed by atoms with Gasteiger partial charge in [-0.3, -0.25) is 9.48 Å². The zero-order chi connectivity index (χ0) is 12.4. The zero-order valence-electron chi connectivity index (χ0n) is 8.69. The van der Waals surface area contributed by atoms with Crippen LogP contribution in [0.1, 0.15) is 10.4 Å². The molecule has 0 aliphatic rings. The molecule has 88 valence electrons. The predicted molar refractivity (Wildman–Crippen MR) is 63.2 cm³/mol. The number of aromatic nitrogens is 4. The molecule has 0 unspecified atom stereocenters. The summed E-state index contributed by atoms with van der Waals surface area (Å²) >= 11 is 11.5. The average Bonchev–Trinajstić information content (AvgIpc) is 2.72. The number of rotatable bonds is 2. The second kappa shape index (κ2) is 4.68. The third kappa shape index (κ3) is 2.54. The molecular formula is C9H7Cl2N5O. The van der Waals surface area contributed by atoms with E-state index >= 15 is 0 Å². The van der Waals surface area contributed by atoms with Crippen molar-refractivity contribution in [3.05, 3.63) is 34.5 Å². The van der Waals surface area contributed by atoms with E-state index in [4.69, 9.17) is 23.2 Å². The minimum Gasteiger partial charge on any atom is -0.305 e. The van der Waals surface area contributed by atoms with Gasteiger partial charge in [0.15, 0.2) is 11.0 Å². The molecule has 0 aromatic carbocycles. The van der Waals surface area contributed by atoms with Crippen LogP contribution >= 0.6 is 23.2 Å². The summed E-state index contributed by atoms with van der Waals surface area (Å²) < 4.78 is 1.52. The number of carbonyl (C=O) groups is 1. The third-order valence-electron chi connectivity index (χ3n) is 1.95. The van der Waals surface area contributed by atoms with Crippen molar-refractivity contribution < 1.29 is 4.79 Å². The number of anilines is 1. The van der Waals surface area contributed by atoms with Gasteiger partial charge in [0.05, 0.1) is 11.8 Å². The largest absolute Gasteiger partial charge is 0.305 e. The van der Waals surface area contributed by atoms with Crippen LogP contribution in [0.25, 0.3) is 0 Å². The van der Waals surface area contributed by atoms with Crippen LogP contribution in [0.3, 0.4) is 0 Å². The molecule has 2 aromatic rings. The maximum Gasteiger partial charge on any atom is 0.260 e. The molecule has 2 rings (SSSR count). The van der Waals surface area contributed by atoms with Crippen LogP contribution in [-0.2, 0) is 7.05 Å². The first-order chi connectivity index (χ1) is 8.08. The normalized spacial score (nSPS) is 10.3. The van der Waals surface area contributed by atoms with Crippen LogP contribution < -0.4 is 5.32 Å². The van der Waals surface area contributed by atoms with Crippen molar-refractivity contribution in [3.63, 3.8) is 0 Å². The van der Waals surface area contributed by atoms with E-state index in [9.17, 15) is 4.79 Å². The van der Waals surface area contributed by atoms with Crippen molar-refractivity contribution >= 4 is 34.9 Å². The molecule has 0 bridgehead atoms. The average molecular weight is 272 g/mol. The Hall–Kier alpha value is -1.66. The van der Waals surface area contributed by atoms with Gasteiger partial charge >= 0.3 is 0 Å². The lowest BCUT2D eigenvalue weighted by Gasteiger charge is -2.04. The number of halogens is 2. The molecule has 0 aliphatic heterocycles. The SMILES string of the molecule is Cn1cc(C(=O)Nc2ncnc(Cl)c2Cl)cn1. The summed E-state index contributed by atoms with van der Waals surface area (Å²) in [5, 5.41) is 6.59. The van der Waals surface area contributed by atoms with Gasteiger partial charge in [-0.1, -0.05) is 23.2 Å². The highest BCUT2D eigenvalue weighted by Crippen LogP contribution is 2.25. The number of hydrogen-bond acceptors (Lipinski definition) is 4. The van der Waals surface area contributed by atoms with Gasteiger partial charge in [-0.15, -0.1) is 0 Å². The highest BCUT2D eigenvalue weighted by atomic mass is 35.5. The van der Waals surface area contributed by atoms with Gasteiger partial charge in [0.1, 0.15) is 11.3 Å². The summed E-state index contributed by atoms with van der Waals surface area (Å²) in [7, 11) is 1.71. The zero-order valence-corrected chi connectivity index (χ0v) is 10.2. The quantitative estimate of drug-likeness (QED) is 0.845. The molecule has 0 saturated carbocycles. The number of nitrogens with zero attached hydrogens (tertiary/aromatic N) is 4. The lowest BCUT2D eigenvalue weighted by atomic mass is 10.3. The Morgan fingerprint density at radius 2 is 2.18 bits per heavy atom. The molecule has 0 spiro atoms. The highest BCUT2D eigenvalue weighted by Gasteiger charge is 2.13. The second-order valence-electron chi connectivity index (χ2n) is 3.18. The van der Waals surface area contributed by atoms with E-state index < -0.39 is 0 Å². The summed E-state index contributed by atoms with van der Waals surface area (Å²) in [5.74, 6) is -0.199. The van der Waals surface area contributed by atoms with Gasteiger partial charge in [-0.05, 0) is 0 Å². The fourth-order valence-electron chi connectivity index (χ4n) is 1.15. The van der Waals surface area contributed by atoms with Crippen LogP contribution in [0.4, 0.5) is 5.82 Å². The first-order valence-electron chi connectivity index (χ1n) is 4.54. The lowest BCUT2D eigenvalue weighted by Crippen LogP contribution is -2.13. The van der Waals surface area contributed by atoms with Crippen molar-refractivity contribution in [2.45, 2.75) is 0 Å². The number of hydrogen-bond donors (Lipinski definition) is 1. The molecule has 1 amide bonds. The Morgan fingerprint density at radius 1 is 1.41 bits per heavy atom. The molecular weight excluding hydrogens is 265 g/mol. The summed E-state index contributed by atoms with van der Waals surface area (Å²) in [6.07, 6.45) is 4.23. The first kappa shape index (κ1) is 11.8. The molecule has 0 saturated heterocycles. The van der Waals surface area contributed by atoms with Gasteiger partial charge in [0, 0.05) is 13.2 Å². The molecule has 0 atom stereocenters. The number of carbonyl (C=O) groups excluding carboxylic acids is 1. The van der Waals surface area contributed by atoms with Gasteiger partial charge in [0.2, 0.25) is 0 Å². The van der Waals surface area contributed by atoms with Gasteiger partial charge in [-0.2, -0.15) is 5.10 Å². The van der Waals surface area contributed by atoms with Crippen LogP contribution in [0.15, 0.2) is 18.7 Å². The minimum absolute atomic E-state index is 0.0863. The Balaban J connectivity index is 2.21. The van der Waals surface area contributed by atoms with Gasteiger partial charge in [-0.25, -0.2) is 9.97 Å². The minimum atomic E-state index is -0.366. The Kier molecular flexibility index (Phi) is 3.26. The van der Waals surface area contributed by atoms with E-state index in [1.165, 1.54) is 17.2 Å². The molecule has 0 aliphatic carbocycles. The predicted octanol–water partition coefficient (Wildman–Crippen LogP) is 1.77. The second-order valence-corrected chi connectivity index (χ2v) is 3.92. The van der Waals surface area contributed by atoms with Gasteiger partial charge < -0.3 is 5.32 Å². The summed E-state index contributed by atoms with van der Waals surface area (Å²) in [6, 6.07) is 0. The fraction of sp³-hybridized carbons (Fsp3) is 0.111. The Labute approximate surface area is 107 Å². The molecule has 1 N–H and O–H groups in total. The van der Waals surface area contributed by atoms with Crippen LogP contribution in [0.5, 0.6) is 0 Å². The summed E-state index contributed by atoms with van der Waals surface area (Å²) in [5.41, 5.74) is 0.401. The van der Waals surface area contributed by atoms with Gasteiger partial charge in [0.25, 0.3) is 5.91 Å². The maximum atomic E-state index is 11.8. The van der Waals surface area contributed by atoms with E-state index in [-0.39, 0.29) is 21.9 Å². The van der Waals surface area contributed by atoms with E-state index in [1.54, 1.807) is 13.2 Å². The van der Waals surface area contributed by atoms with Crippen molar-refractivity contribution in [2.75, 3.05) is 5.32 Å². The fourth-order valence-corrected chi connectivity index (χ4v) is 1.43. The number of nitrogens with one attached hydrogen (secondary N) is 1. The standard InChI is InChI=1S/C9H7Cl2N5O/c1-16-3-5(2-14-16)9(17)15-8-6(10)7(11)12-4-13-8/h2-4H,1H3,(H,12,13,15,17). The van der Waals surface area contributed by atoms with E-state index in [0.717, 1.165) is 0 Å². The number of aryl methyl sites for hydroxylation is 1. The molecule has 8 heteroatoms. The lowest BCUT2D eigenvalue weighted by molar-refractivity contribution is 0.102. The molecule has 0 fully saturated rings. The Bertz CT molecular complexity index is 568. The van der Waals surface area contributed by atoms with Crippen molar-refractivity contribution in [2.24, 2.45) is 7.05 Å². The highest BCUT2D eigenvalue weighted by molar-refractivity contribution is 6.43. The first-order valence-corrected chi connectivity index (χ1v) is 5.29. The van der Waals surface area contributed by atoms with E-state index in [2.05, 4.69) is 20.4 Å². The van der Waals surface area contributed by atoms with E-state index in [0.29, 0.717) is 5.56 Å². The van der Waals surface area contributed by atoms with Crippen LogP contribution in [0, 0.1) is 0 Å². The molecule has 0 radical (unpaired) electrons. The van der Waals surface area contributed by atoms with Crippen molar-refractivity contribution in [1.82, 2.24) is 19.7 Å². The van der Waals surface area contributed by atoms with E-state index in [1.807, 2.05) is 0 Å². The number of amides is 1. The molecule has 6 nitrogen and oxygen atoms in total. The monoisotopic (exact) mass is 271 g/mol. The Morgan fingerprint density at radius 3 is 2.82 bits per heavy atom. The maximum absolute atomic E-state index is 11.8. The topological polar surface area (TPSA) is 72.7 Å². The van der Waals surface area contributed by atoms with Crippen LogP contribution in [0.2, 0.25) is 10.2 Å². The van der Waals surface area contributed by atoms with Crippen molar-refractivity contribution in [1.29, 1.82) is 0 Å². The smallest absolute Gasteiger partial charge is 0.260 e. The van der Waals surface area contributed by atoms with Crippen molar-refractivity contribution in [3.8, 4) is 0 Å². The van der Waals surface area contributed by atoms with Crippen LogP contribution in [-0.4, -0.2) is 25.7 Å². The third-order valence-corrected chi connectivity index (χ3v) is 2.69. The summed E-state index contributed by atoms with van der Waals surface area (Å²) in [4.78, 5) is 19.3.